The van der Waals surface area contributed by atoms with Gasteiger partial charge in [-0.15, -0.1) is 0 Å². The van der Waals surface area contributed by atoms with Crippen molar-refractivity contribution in [2.24, 2.45) is 5.92 Å². The summed E-state index contributed by atoms with van der Waals surface area (Å²) >= 11 is 0. The van der Waals surface area contributed by atoms with Gasteiger partial charge in [-0.2, -0.15) is 0 Å². The molecule has 4 nitrogen and oxygen atoms in total. The molecule has 0 saturated carbocycles. The second-order valence-corrected chi connectivity index (χ2v) is 3.06. The standard InChI is InChI=1S/C10H14O4/c1-7(9(11)12)5-3-4-6-8(2)10(13)14/h3-5,8H,6H2,1-2H3,(H,11,12)(H,13,14)/t8-/m0/s1. The molecule has 78 valence electrons. The van der Waals surface area contributed by atoms with E-state index in [1.165, 1.54) is 13.0 Å². The molecule has 0 aromatic heterocycles. The predicted molar refractivity (Wildman–Crippen MR) is 51.9 cm³/mol. The average Bonchev–Trinajstić information content (AvgIpc) is 2.11. The molecular weight excluding hydrogens is 184 g/mol. The van der Waals surface area contributed by atoms with E-state index < -0.39 is 17.9 Å². The second kappa shape index (κ2) is 5.96. The van der Waals surface area contributed by atoms with E-state index in [4.69, 9.17) is 10.2 Å². The van der Waals surface area contributed by atoms with Crippen LogP contribution in [0, 0.1) is 5.92 Å². The minimum absolute atomic E-state index is 0.226. The SMILES string of the molecule is CC(=CC=CC[C@H](C)C(=O)O)C(=O)O. The fourth-order valence-corrected chi connectivity index (χ4v) is 0.667. The molecule has 0 unspecified atom stereocenters. The predicted octanol–water partition coefficient (Wildman–Crippen LogP) is 1.68. The Kier molecular flexibility index (Phi) is 5.29. The van der Waals surface area contributed by atoms with Crippen LogP contribution in [0.4, 0.5) is 0 Å². The Morgan fingerprint density at radius 2 is 1.93 bits per heavy atom. The molecule has 2 N–H and O–H groups in total. The maximum absolute atomic E-state index is 10.4. The third-order valence-corrected chi connectivity index (χ3v) is 1.73. The van der Waals surface area contributed by atoms with Gasteiger partial charge in [0, 0.05) is 5.57 Å². The topological polar surface area (TPSA) is 74.6 Å². The van der Waals surface area contributed by atoms with Gasteiger partial charge in [-0.25, -0.2) is 4.79 Å². The van der Waals surface area contributed by atoms with E-state index in [0.29, 0.717) is 6.42 Å². The van der Waals surface area contributed by atoms with E-state index in [1.54, 1.807) is 19.1 Å². The molecular formula is C10H14O4. The normalized spacial score (nSPS) is 14.3. The molecule has 0 rings (SSSR count). The maximum atomic E-state index is 10.4. The van der Waals surface area contributed by atoms with Crippen LogP contribution in [0.5, 0.6) is 0 Å². The maximum Gasteiger partial charge on any atom is 0.331 e. The van der Waals surface area contributed by atoms with Crippen molar-refractivity contribution in [3.63, 3.8) is 0 Å². The number of aliphatic carboxylic acids is 2. The first-order valence-electron chi connectivity index (χ1n) is 4.24. The van der Waals surface area contributed by atoms with Crippen LogP contribution in [-0.4, -0.2) is 22.2 Å². The van der Waals surface area contributed by atoms with Crippen molar-refractivity contribution in [1.29, 1.82) is 0 Å². The van der Waals surface area contributed by atoms with Crippen molar-refractivity contribution in [2.75, 3.05) is 0 Å². The average molecular weight is 198 g/mol. The first-order valence-corrected chi connectivity index (χ1v) is 4.24. The van der Waals surface area contributed by atoms with Gasteiger partial charge in [0.15, 0.2) is 0 Å². The van der Waals surface area contributed by atoms with Gasteiger partial charge < -0.3 is 10.2 Å². The molecule has 0 aliphatic rings. The lowest BCUT2D eigenvalue weighted by atomic mass is 10.1. The summed E-state index contributed by atoms with van der Waals surface area (Å²) in [4.78, 5) is 20.7. The first kappa shape index (κ1) is 12.4. The Labute approximate surface area is 82.6 Å². The number of carboxylic acids is 2. The van der Waals surface area contributed by atoms with Gasteiger partial charge in [-0.05, 0) is 13.3 Å². The summed E-state index contributed by atoms with van der Waals surface area (Å²) in [6.07, 6.45) is 5.05. The first-order chi connectivity index (χ1) is 6.45. The van der Waals surface area contributed by atoms with Crippen molar-refractivity contribution in [3.05, 3.63) is 23.8 Å². The van der Waals surface area contributed by atoms with E-state index in [-0.39, 0.29) is 5.57 Å². The van der Waals surface area contributed by atoms with Crippen LogP contribution >= 0.6 is 0 Å². The molecule has 0 fully saturated rings. The highest BCUT2D eigenvalue weighted by Gasteiger charge is 2.07. The Morgan fingerprint density at radius 3 is 2.36 bits per heavy atom. The number of rotatable bonds is 5. The molecule has 14 heavy (non-hydrogen) atoms. The zero-order valence-corrected chi connectivity index (χ0v) is 8.23. The van der Waals surface area contributed by atoms with Crippen LogP contribution in [-0.2, 0) is 9.59 Å². The van der Waals surface area contributed by atoms with Gasteiger partial charge in [0.2, 0.25) is 0 Å². The third-order valence-electron chi connectivity index (χ3n) is 1.73. The van der Waals surface area contributed by atoms with Gasteiger partial charge in [0.1, 0.15) is 0 Å². The minimum Gasteiger partial charge on any atom is -0.481 e. The largest absolute Gasteiger partial charge is 0.481 e. The fourth-order valence-electron chi connectivity index (χ4n) is 0.667. The van der Waals surface area contributed by atoms with Crippen LogP contribution in [0.2, 0.25) is 0 Å². The molecule has 0 amide bonds. The summed E-state index contributed by atoms with van der Waals surface area (Å²) in [5, 5.41) is 17.0. The van der Waals surface area contributed by atoms with Crippen LogP contribution < -0.4 is 0 Å². The summed E-state index contributed by atoms with van der Waals surface area (Å²) in [5.74, 6) is -2.26. The van der Waals surface area contributed by atoms with Crippen molar-refractivity contribution in [1.82, 2.24) is 0 Å². The van der Waals surface area contributed by atoms with E-state index >= 15 is 0 Å². The molecule has 4 heteroatoms. The number of carbonyl (C=O) groups is 2. The van der Waals surface area contributed by atoms with E-state index in [0.717, 1.165) is 0 Å². The smallest absolute Gasteiger partial charge is 0.331 e. The molecule has 0 bridgehead atoms. The number of carboxylic acid groups (broad SMARTS) is 2. The molecule has 0 spiro atoms. The highest BCUT2D eigenvalue weighted by molar-refractivity contribution is 5.86. The molecule has 0 aromatic rings. The third kappa shape index (κ3) is 5.13. The molecule has 0 heterocycles. The van der Waals surface area contributed by atoms with Crippen LogP contribution in [0.1, 0.15) is 20.3 Å². The Balaban J connectivity index is 4.03. The Bertz CT molecular complexity index is 276. The lowest BCUT2D eigenvalue weighted by Crippen LogP contribution is -2.07. The number of hydrogen-bond acceptors (Lipinski definition) is 2. The molecule has 0 saturated heterocycles. The monoisotopic (exact) mass is 198 g/mol. The van der Waals surface area contributed by atoms with Crippen LogP contribution in [0.25, 0.3) is 0 Å². The summed E-state index contributed by atoms with van der Waals surface area (Å²) < 4.78 is 0. The van der Waals surface area contributed by atoms with Crippen molar-refractivity contribution in [2.45, 2.75) is 20.3 Å². The van der Waals surface area contributed by atoms with Crippen molar-refractivity contribution >= 4 is 11.9 Å². The molecule has 0 aromatic carbocycles. The van der Waals surface area contributed by atoms with E-state index in [2.05, 4.69) is 0 Å². The summed E-state index contributed by atoms with van der Waals surface area (Å²) in [6, 6.07) is 0. The highest BCUT2D eigenvalue weighted by Crippen LogP contribution is 2.03. The molecule has 0 aliphatic heterocycles. The van der Waals surface area contributed by atoms with Gasteiger partial charge >= 0.3 is 11.9 Å². The van der Waals surface area contributed by atoms with Crippen molar-refractivity contribution < 1.29 is 19.8 Å². The summed E-state index contributed by atoms with van der Waals surface area (Å²) in [7, 11) is 0. The fraction of sp³-hybridized carbons (Fsp3) is 0.400. The summed E-state index contributed by atoms with van der Waals surface area (Å²) in [5.41, 5.74) is 0.226. The van der Waals surface area contributed by atoms with Crippen LogP contribution in [0.3, 0.4) is 0 Å². The number of hydrogen-bond donors (Lipinski definition) is 2. The van der Waals surface area contributed by atoms with Gasteiger partial charge in [-0.3, -0.25) is 4.79 Å². The zero-order valence-electron chi connectivity index (χ0n) is 8.23. The zero-order chi connectivity index (χ0) is 11.1. The van der Waals surface area contributed by atoms with Gasteiger partial charge in [-0.1, -0.05) is 25.2 Å². The summed E-state index contributed by atoms with van der Waals surface area (Å²) in [6.45, 7) is 3.08. The molecule has 1 atom stereocenters. The quantitative estimate of drug-likeness (QED) is 0.520. The Hall–Kier alpha value is -1.58. The lowest BCUT2D eigenvalue weighted by Gasteiger charge is -1.99. The Morgan fingerprint density at radius 1 is 1.36 bits per heavy atom. The van der Waals surface area contributed by atoms with Gasteiger partial charge in [0.25, 0.3) is 0 Å². The van der Waals surface area contributed by atoms with E-state index in [1.807, 2.05) is 0 Å². The minimum atomic E-state index is -0.971. The van der Waals surface area contributed by atoms with Crippen molar-refractivity contribution in [3.8, 4) is 0 Å². The second-order valence-electron chi connectivity index (χ2n) is 3.06. The number of allylic oxidation sites excluding steroid dienone is 3. The molecule has 0 aliphatic carbocycles. The highest BCUT2D eigenvalue weighted by atomic mass is 16.4. The molecule has 0 radical (unpaired) electrons. The van der Waals surface area contributed by atoms with Gasteiger partial charge in [0.05, 0.1) is 5.92 Å². The lowest BCUT2D eigenvalue weighted by molar-refractivity contribution is -0.141. The van der Waals surface area contributed by atoms with Crippen LogP contribution in [0.15, 0.2) is 23.8 Å². The van der Waals surface area contributed by atoms with E-state index in [9.17, 15) is 9.59 Å².